The van der Waals surface area contributed by atoms with Crippen LogP contribution in [0, 0.1) is 5.92 Å². The molecule has 3 rings (SSSR count). The van der Waals surface area contributed by atoms with Crippen molar-refractivity contribution in [3.63, 3.8) is 0 Å². The number of rotatable bonds is 5. The minimum Gasteiger partial charge on any atom is -0.375 e. The van der Waals surface area contributed by atoms with Crippen molar-refractivity contribution in [2.24, 2.45) is 5.92 Å². The fourth-order valence-electron chi connectivity index (χ4n) is 3.40. The molecule has 2 bridgehead atoms. The highest BCUT2D eigenvalue weighted by Gasteiger charge is 2.44. The standard InChI is InChI=1S/C15H22N2O/c1-2-7-17-15(11-4-3-8-16-10-11)13-9-12-5-6-14(13)18-12/h3-4,8,10,12-15,17H,2,5-7,9H2,1H3. The average molecular weight is 246 g/mol. The van der Waals surface area contributed by atoms with Crippen molar-refractivity contribution >= 4 is 0 Å². The molecule has 18 heavy (non-hydrogen) atoms. The molecule has 4 atom stereocenters. The van der Waals surface area contributed by atoms with E-state index in [4.69, 9.17) is 4.74 Å². The van der Waals surface area contributed by atoms with Crippen LogP contribution in [0.4, 0.5) is 0 Å². The van der Waals surface area contributed by atoms with Crippen molar-refractivity contribution in [1.82, 2.24) is 10.3 Å². The van der Waals surface area contributed by atoms with Gasteiger partial charge in [0.05, 0.1) is 12.2 Å². The second-order valence-electron chi connectivity index (χ2n) is 5.49. The lowest BCUT2D eigenvalue weighted by Crippen LogP contribution is -2.34. The topological polar surface area (TPSA) is 34.2 Å². The summed E-state index contributed by atoms with van der Waals surface area (Å²) in [5, 5.41) is 3.69. The zero-order valence-corrected chi connectivity index (χ0v) is 11.0. The summed E-state index contributed by atoms with van der Waals surface area (Å²) in [4.78, 5) is 4.27. The van der Waals surface area contributed by atoms with E-state index in [-0.39, 0.29) is 0 Å². The Morgan fingerprint density at radius 2 is 2.44 bits per heavy atom. The summed E-state index contributed by atoms with van der Waals surface area (Å²) in [5.41, 5.74) is 1.31. The summed E-state index contributed by atoms with van der Waals surface area (Å²) in [5.74, 6) is 0.625. The van der Waals surface area contributed by atoms with Crippen LogP contribution in [-0.2, 0) is 4.74 Å². The van der Waals surface area contributed by atoms with Crippen molar-refractivity contribution in [3.8, 4) is 0 Å². The lowest BCUT2D eigenvalue weighted by Gasteiger charge is -2.29. The minimum atomic E-state index is 0.411. The molecule has 0 spiro atoms. The minimum absolute atomic E-state index is 0.411. The van der Waals surface area contributed by atoms with Gasteiger partial charge in [-0.1, -0.05) is 13.0 Å². The summed E-state index contributed by atoms with van der Waals surface area (Å²) < 4.78 is 6.01. The molecule has 1 N–H and O–H groups in total. The van der Waals surface area contributed by atoms with Gasteiger partial charge in [-0.3, -0.25) is 4.98 Å². The van der Waals surface area contributed by atoms with Crippen molar-refractivity contribution < 1.29 is 4.74 Å². The molecule has 1 aromatic rings. The molecule has 0 radical (unpaired) electrons. The summed E-state index contributed by atoms with van der Waals surface area (Å²) in [6.07, 6.45) is 9.69. The largest absolute Gasteiger partial charge is 0.375 e. The Labute approximate surface area is 109 Å². The Hall–Kier alpha value is -0.930. The molecule has 0 saturated carbocycles. The summed E-state index contributed by atoms with van der Waals surface area (Å²) in [6, 6.07) is 4.63. The SMILES string of the molecule is CCCNC(c1cccnc1)C1CC2CCC1O2. The number of hydrogen-bond donors (Lipinski definition) is 1. The fraction of sp³-hybridized carbons (Fsp3) is 0.667. The van der Waals surface area contributed by atoms with Crippen LogP contribution in [0.2, 0.25) is 0 Å². The van der Waals surface area contributed by atoms with Gasteiger partial charge in [-0.15, -0.1) is 0 Å². The van der Waals surface area contributed by atoms with Crippen molar-refractivity contribution in [2.75, 3.05) is 6.54 Å². The smallest absolute Gasteiger partial charge is 0.0627 e. The van der Waals surface area contributed by atoms with Crippen molar-refractivity contribution in [3.05, 3.63) is 30.1 Å². The molecule has 2 fully saturated rings. The van der Waals surface area contributed by atoms with Gasteiger partial charge in [-0.05, 0) is 43.9 Å². The number of nitrogens with zero attached hydrogens (tertiary/aromatic N) is 1. The molecular weight excluding hydrogens is 224 g/mol. The average Bonchev–Trinajstić information content (AvgIpc) is 3.03. The second kappa shape index (κ2) is 5.37. The molecule has 3 heterocycles. The zero-order valence-electron chi connectivity index (χ0n) is 11.0. The van der Waals surface area contributed by atoms with Gasteiger partial charge in [0.2, 0.25) is 0 Å². The van der Waals surface area contributed by atoms with Gasteiger partial charge < -0.3 is 10.1 Å². The molecule has 2 saturated heterocycles. The molecule has 4 unspecified atom stereocenters. The highest BCUT2D eigenvalue weighted by molar-refractivity contribution is 5.17. The molecule has 2 aliphatic heterocycles. The van der Waals surface area contributed by atoms with E-state index in [1.165, 1.54) is 31.2 Å². The molecular formula is C15H22N2O. The van der Waals surface area contributed by atoms with E-state index < -0.39 is 0 Å². The van der Waals surface area contributed by atoms with Crippen molar-refractivity contribution in [2.45, 2.75) is 50.9 Å². The third-order valence-electron chi connectivity index (χ3n) is 4.24. The van der Waals surface area contributed by atoms with Gasteiger partial charge in [0.25, 0.3) is 0 Å². The third kappa shape index (κ3) is 2.29. The maximum atomic E-state index is 6.01. The van der Waals surface area contributed by atoms with E-state index in [0.29, 0.717) is 24.2 Å². The van der Waals surface area contributed by atoms with E-state index >= 15 is 0 Å². The number of nitrogens with one attached hydrogen (secondary N) is 1. The first-order chi connectivity index (χ1) is 8.88. The van der Waals surface area contributed by atoms with E-state index in [1.54, 1.807) is 0 Å². The van der Waals surface area contributed by atoms with E-state index in [1.807, 2.05) is 18.5 Å². The van der Waals surface area contributed by atoms with Crippen LogP contribution < -0.4 is 5.32 Å². The van der Waals surface area contributed by atoms with E-state index in [0.717, 1.165) is 6.54 Å². The molecule has 3 nitrogen and oxygen atoms in total. The van der Waals surface area contributed by atoms with Gasteiger partial charge in [-0.25, -0.2) is 0 Å². The molecule has 2 aliphatic rings. The fourth-order valence-corrected chi connectivity index (χ4v) is 3.40. The van der Waals surface area contributed by atoms with Crippen LogP contribution in [-0.4, -0.2) is 23.7 Å². The van der Waals surface area contributed by atoms with Gasteiger partial charge in [-0.2, -0.15) is 0 Å². The lowest BCUT2D eigenvalue weighted by molar-refractivity contribution is 0.0856. The van der Waals surface area contributed by atoms with Gasteiger partial charge in [0.15, 0.2) is 0 Å². The predicted molar refractivity (Wildman–Crippen MR) is 71.3 cm³/mol. The molecule has 1 aromatic heterocycles. The highest BCUT2D eigenvalue weighted by atomic mass is 16.5. The third-order valence-corrected chi connectivity index (χ3v) is 4.24. The van der Waals surface area contributed by atoms with Gasteiger partial charge in [0, 0.05) is 24.4 Å². The van der Waals surface area contributed by atoms with Crippen LogP contribution in [0.5, 0.6) is 0 Å². The Balaban J connectivity index is 1.77. The molecule has 0 aliphatic carbocycles. The Kier molecular flexibility index (Phi) is 3.62. The van der Waals surface area contributed by atoms with Crippen LogP contribution >= 0.6 is 0 Å². The molecule has 98 valence electrons. The van der Waals surface area contributed by atoms with Crippen LogP contribution in [0.3, 0.4) is 0 Å². The number of pyridine rings is 1. The van der Waals surface area contributed by atoms with E-state index in [9.17, 15) is 0 Å². The molecule has 0 aromatic carbocycles. The first-order valence-corrected chi connectivity index (χ1v) is 7.17. The highest BCUT2D eigenvalue weighted by Crippen LogP contribution is 2.44. The molecule has 0 amide bonds. The number of fused-ring (bicyclic) bond motifs is 2. The monoisotopic (exact) mass is 246 g/mol. The Bertz CT molecular complexity index is 381. The summed E-state index contributed by atoms with van der Waals surface area (Å²) >= 11 is 0. The normalized spacial score (nSPS) is 31.7. The Morgan fingerprint density at radius 1 is 1.50 bits per heavy atom. The second-order valence-corrected chi connectivity index (χ2v) is 5.49. The predicted octanol–water partition coefficient (Wildman–Crippen LogP) is 2.69. The Morgan fingerprint density at radius 3 is 3.06 bits per heavy atom. The number of hydrogen-bond acceptors (Lipinski definition) is 3. The summed E-state index contributed by atoms with van der Waals surface area (Å²) in [7, 11) is 0. The zero-order chi connectivity index (χ0) is 12.4. The number of aromatic nitrogens is 1. The van der Waals surface area contributed by atoms with Gasteiger partial charge >= 0.3 is 0 Å². The van der Waals surface area contributed by atoms with Gasteiger partial charge in [0.1, 0.15) is 0 Å². The quantitative estimate of drug-likeness (QED) is 0.867. The van der Waals surface area contributed by atoms with Crippen LogP contribution in [0.15, 0.2) is 24.5 Å². The number of ether oxygens (including phenoxy) is 1. The van der Waals surface area contributed by atoms with Crippen molar-refractivity contribution in [1.29, 1.82) is 0 Å². The van der Waals surface area contributed by atoms with Crippen LogP contribution in [0.25, 0.3) is 0 Å². The van der Waals surface area contributed by atoms with E-state index in [2.05, 4.69) is 23.3 Å². The first-order valence-electron chi connectivity index (χ1n) is 7.17. The first kappa shape index (κ1) is 12.1. The maximum Gasteiger partial charge on any atom is 0.0627 e. The van der Waals surface area contributed by atoms with Crippen LogP contribution in [0.1, 0.15) is 44.2 Å². The molecule has 3 heteroatoms. The summed E-state index contributed by atoms with van der Waals surface area (Å²) in [6.45, 7) is 3.28. The lowest BCUT2D eigenvalue weighted by atomic mass is 9.81. The maximum absolute atomic E-state index is 6.01.